The molecular formula is C30H41N3O4. The maximum absolute atomic E-state index is 13.8. The summed E-state index contributed by atoms with van der Waals surface area (Å²) in [6.45, 7) is 6.62. The van der Waals surface area contributed by atoms with Gasteiger partial charge in [0.2, 0.25) is 0 Å². The molecule has 1 aliphatic heterocycles. The lowest BCUT2D eigenvalue weighted by Crippen LogP contribution is -2.56. The van der Waals surface area contributed by atoms with Crippen molar-refractivity contribution in [2.45, 2.75) is 69.7 Å². The number of ether oxygens (including phenoxy) is 2. The molecule has 0 unspecified atom stereocenters. The Morgan fingerprint density at radius 1 is 0.973 bits per heavy atom. The van der Waals surface area contributed by atoms with Gasteiger partial charge in [-0.1, -0.05) is 42.5 Å². The molecule has 1 saturated heterocycles. The topological polar surface area (TPSA) is 62.3 Å². The number of carbonyl (C=O) groups excluding carboxylic acids is 2. The zero-order valence-electron chi connectivity index (χ0n) is 23.1. The highest BCUT2D eigenvalue weighted by Crippen LogP contribution is 2.49. The average Bonchev–Trinajstić information content (AvgIpc) is 3.09. The summed E-state index contributed by atoms with van der Waals surface area (Å²) in [5.74, 6) is 0.423. The first kappa shape index (κ1) is 27.0. The number of carbonyl (C=O) groups is 2. The van der Waals surface area contributed by atoms with Crippen molar-refractivity contribution in [3.05, 3.63) is 65.7 Å². The first-order chi connectivity index (χ1) is 17.5. The predicted molar refractivity (Wildman–Crippen MR) is 144 cm³/mol. The van der Waals surface area contributed by atoms with Gasteiger partial charge in [-0.15, -0.1) is 0 Å². The van der Waals surface area contributed by atoms with Crippen molar-refractivity contribution in [1.82, 2.24) is 14.7 Å². The first-order valence-electron chi connectivity index (χ1n) is 13.1. The highest BCUT2D eigenvalue weighted by atomic mass is 16.6. The van der Waals surface area contributed by atoms with E-state index in [2.05, 4.69) is 43.3 Å². The summed E-state index contributed by atoms with van der Waals surface area (Å²) in [6, 6.07) is 18.3. The van der Waals surface area contributed by atoms with Gasteiger partial charge in [-0.25, -0.2) is 4.79 Å². The van der Waals surface area contributed by atoms with Crippen LogP contribution in [0.15, 0.2) is 54.6 Å². The second-order valence-corrected chi connectivity index (χ2v) is 11.7. The Hall–Kier alpha value is -3.06. The Morgan fingerprint density at radius 3 is 2.14 bits per heavy atom. The van der Waals surface area contributed by atoms with Crippen LogP contribution in [0.4, 0.5) is 4.79 Å². The molecule has 7 heteroatoms. The van der Waals surface area contributed by atoms with E-state index in [-0.39, 0.29) is 24.1 Å². The van der Waals surface area contributed by atoms with E-state index >= 15 is 0 Å². The van der Waals surface area contributed by atoms with Gasteiger partial charge in [0.15, 0.2) is 0 Å². The van der Waals surface area contributed by atoms with Crippen LogP contribution in [0.5, 0.6) is 5.75 Å². The Labute approximate surface area is 221 Å². The van der Waals surface area contributed by atoms with E-state index in [4.69, 9.17) is 9.47 Å². The Kier molecular flexibility index (Phi) is 7.56. The lowest BCUT2D eigenvalue weighted by atomic mass is 9.68. The van der Waals surface area contributed by atoms with E-state index in [1.165, 1.54) is 5.56 Å². The van der Waals surface area contributed by atoms with Crippen molar-refractivity contribution in [1.29, 1.82) is 0 Å². The second kappa shape index (κ2) is 10.4. The van der Waals surface area contributed by atoms with Crippen LogP contribution in [0.1, 0.15) is 57.6 Å². The van der Waals surface area contributed by atoms with Gasteiger partial charge in [0.1, 0.15) is 17.9 Å². The molecule has 1 aliphatic carbocycles. The third-order valence-electron chi connectivity index (χ3n) is 7.97. The standard InChI is InChI=1S/C30H41N3O4/c1-28(2,3)37-26(34)21-33-27(35)32(20-23-12-14-25(36-6)15-13-23)22-29(33)16-18-30(19-17-29,31(4)5)24-10-8-7-9-11-24/h7-15H,16-22H2,1-6H3/t29-,30+. The summed E-state index contributed by atoms with van der Waals surface area (Å²) in [7, 11) is 5.92. The number of hydrogen-bond donors (Lipinski definition) is 0. The number of nitrogens with zero attached hydrogens (tertiary/aromatic N) is 3. The van der Waals surface area contributed by atoms with Crippen LogP contribution in [-0.4, -0.2) is 72.1 Å². The third kappa shape index (κ3) is 5.61. The molecule has 0 aromatic heterocycles. The van der Waals surface area contributed by atoms with Crippen LogP contribution in [0.3, 0.4) is 0 Å². The summed E-state index contributed by atoms with van der Waals surface area (Å²) in [5.41, 5.74) is 1.22. The average molecular weight is 508 g/mol. The molecule has 2 fully saturated rings. The van der Waals surface area contributed by atoms with Gasteiger partial charge in [-0.2, -0.15) is 0 Å². The number of hydrogen-bond acceptors (Lipinski definition) is 5. The maximum atomic E-state index is 13.8. The summed E-state index contributed by atoms with van der Waals surface area (Å²) in [4.78, 5) is 32.7. The molecule has 0 radical (unpaired) electrons. The van der Waals surface area contributed by atoms with Crippen LogP contribution < -0.4 is 4.74 Å². The minimum atomic E-state index is -0.601. The zero-order valence-corrected chi connectivity index (χ0v) is 23.1. The molecule has 4 rings (SSSR count). The normalized spacial score (nSPS) is 24.1. The van der Waals surface area contributed by atoms with E-state index < -0.39 is 11.1 Å². The molecule has 200 valence electrons. The molecule has 0 N–H and O–H groups in total. The molecule has 0 atom stereocenters. The molecule has 2 amide bonds. The highest BCUT2D eigenvalue weighted by Gasteiger charge is 2.55. The van der Waals surface area contributed by atoms with Crippen LogP contribution in [0.2, 0.25) is 0 Å². The molecule has 2 aliphatic rings. The number of rotatable bonds is 7. The predicted octanol–water partition coefficient (Wildman–Crippen LogP) is 5.04. The number of amides is 2. The quantitative estimate of drug-likeness (QED) is 0.491. The van der Waals surface area contributed by atoms with Gasteiger partial charge in [0.25, 0.3) is 0 Å². The Morgan fingerprint density at radius 2 is 1.59 bits per heavy atom. The van der Waals surface area contributed by atoms with Crippen molar-refractivity contribution in [2.24, 2.45) is 0 Å². The van der Waals surface area contributed by atoms with Gasteiger partial charge in [0, 0.05) is 18.6 Å². The van der Waals surface area contributed by atoms with Crippen LogP contribution in [0.25, 0.3) is 0 Å². The SMILES string of the molecule is COc1ccc(CN2C[C@]3(CC[C@](c4ccccc4)(N(C)C)CC3)N(CC(=O)OC(C)(C)C)C2=O)cc1. The van der Waals surface area contributed by atoms with Crippen molar-refractivity contribution in [3.63, 3.8) is 0 Å². The Bertz CT molecular complexity index is 1080. The summed E-state index contributed by atoms with van der Waals surface area (Å²) >= 11 is 0. The van der Waals surface area contributed by atoms with Crippen LogP contribution in [-0.2, 0) is 21.6 Å². The number of benzene rings is 2. The lowest BCUT2D eigenvalue weighted by molar-refractivity contribution is -0.156. The van der Waals surface area contributed by atoms with E-state index in [1.54, 1.807) is 12.0 Å². The molecule has 2 aromatic rings. The second-order valence-electron chi connectivity index (χ2n) is 11.7. The monoisotopic (exact) mass is 507 g/mol. The van der Waals surface area contributed by atoms with Crippen LogP contribution in [0, 0.1) is 0 Å². The zero-order chi connectivity index (χ0) is 26.8. The molecular weight excluding hydrogens is 466 g/mol. The molecule has 1 spiro atoms. The van der Waals surface area contributed by atoms with E-state index in [0.29, 0.717) is 13.1 Å². The van der Waals surface area contributed by atoms with Gasteiger partial charge in [-0.05, 0) is 83.8 Å². The van der Waals surface area contributed by atoms with Crippen molar-refractivity contribution in [3.8, 4) is 5.75 Å². The minimum absolute atomic E-state index is 0.0322. The maximum Gasteiger partial charge on any atom is 0.326 e. The Balaban J connectivity index is 1.60. The van der Waals surface area contributed by atoms with Crippen LogP contribution >= 0.6 is 0 Å². The third-order valence-corrected chi connectivity index (χ3v) is 7.97. The molecule has 1 heterocycles. The molecule has 37 heavy (non-hydrogen) atoms. The number of urea groups is 1. The van der Waals surface area contributed by atoms with Gasteiger partial charge >= 0.3 is 12.0 Å². The fourth-order valence-electron chi connectivity index (χ4n) is 5.99. The van der Waals surface area contributed by atoms with Crippen molar-refractivity contribution in [2.75, 3.05) is 34.3 Å². The number of methoxy groups -OCH3 is 1. The largest absolute Gasteiger partial charge is 0.497 e. The highest BCUT2D eigenvalue weighted by molar-refractivity contribution is 5.84. The first-order valence-corrected chi connectivity index (χ1v) is 13.1. The summed E-state index contributed by atoms with van der Waals surface area (Å²) in [5, 5.41) is 0. The van der Waals surface area contributed by atoms with Gasteiger partial charge in [-0.3, -0.25) is 9.69 Å². The molecule has 1 saturated carbocycles. The fraction of sp³-hybridized carbons (Fsp3) is 0.533. The lowest BCUT2D eigenvalue weighted by Gasteiger charge is -2.50. The van der Waals surface area contributed by atoms with E-state index in [9.17, 15) is 9.59 Å². The summed E-state index contributed by atoms with van der Waals surface area (Å²) < 4.78 is 10.9. The fourth-order valence-corrected chi connectivity index (χ4v) is 5.99. The molecule has 7 nitrogen and oxygen atoms in total. The molecule has 0 bridgehead atoms. The summed E-state index contributed by atoms with van der Waals surface area (Å²) in [6.07, 6.45) is 3.43. The van der Waals surface area contributed by atoms with Crippen molar-refractivity contribution >= 4 is 12.0 Å². The minimum Gasteiger partial charge on any atom is -0.497 e. The molecule has 2 aromatic carbocycles. The van der Waals surface area contributed by atoms with Crippen molar-refractivity contribution < 1.29 is 19.1 Å². The van der Waals surface area contributed by atoms with E-state index in [0.717, 1.165) is 37.0 Å². The number of esters is 1. The van der Waals surface area contributed by atoms with Gasteiger partial charge in [0.05, 0.1) is 12.6 Å². The smallest absolute Gasteiger partial charge is 0.326 e. The van der Waals surface area contributed by atoms with Gasteiger partial charge < -0.3 is 19.3 Å². The van der Waals surface area contributed by atoms with E-state index in [1.807, 2.05) is 56.0 Å².